The topological polar surface area (TPSA) is 43.4 Å². The number of rotatable bonds is 2. The third-order valence-corrected chi connectivity index (χ3v) is 1.10. The Balaban J connectivity index is -0.000000177. The fourth-order valence-electron chi connectivity index (χ4n) is 0.436. The molecule has 0 heterocycles. The van der Waals surface area contributed by atoms with Gasteiger partial charge in [0.1, 0.15) is 5.78 Å². The Labute approximate surface area is 92.8 Å². The van der Waals surface area contributed by atoms with Gasteiger partial charge >= 0.3 is 5.97 Å². The van der Waals surface area contributed by atoms with E-state index in [1.54, 1.807) is 6.92 Å². The van der Waals surface area contributed by atoms with E-state index in [-0.39, 0.29) is 11.8 Å². The molecule has 0 aliphatic rings. The second kappa shape index (κ2) is 15.1. The molecule has 0 spiro atoms. The van der Waals surface area contributed by atoms with Crippen LogP contribution in [0.15, 0.2) is 17.9 Å². The summed E-state index contributed by atoms with van der Waals surface area (Å²) < 4.78 is 4.11. The summed E-state index contributed by atoms with van der Waals surface area (Å²) in [6.45, 7) is 12.2. The third-order valence-electron chi connectivity index (χ3n) is 1.10. The molecular formula is C12H22O3. The molecule has 0 aliphatic carbocycles. The van der Waals surface area contributed by atoms with Gasteiger partial charge in [0, 0.05) is 13.3 Å². The standard InChI is InChI=1S/C7H10O.C3H6O2.C2H6/c1-4-6(2)5-7(3)8;1-3(4)5-2;1-2/h1,5H2,2-3H3;1-2H3;1-2H3. The zero-order chi connectivity index (χ0) is 12.9. The average molecular weight is 214 g/mol. The van der Waals surface area contributed by atoms with Crippen molar-refractivity contribution in [3.63, 3.8) is 0 Å². The first-order valence-electron chi connectivity index (χ1n) is 4.83. The molecule has 88 valence electrons. The van der Waals surface area contributed by atoms with Crippen LogP contribution >= 0.6 is 0 Å². The van der Waals surface area contributed by atoms with Crippen LogP contribution in [0.3, 0.4) is 0 Å². The van der Waals surface area contributed by atoms with Crippen molar-refractivity contribution in [2.75, 3.05) is 7.11 Å². The zero-order valence-electron chi connectivity index (χ0n) is 10.6. The molecule has 0 rings (SSSR count). The van der Waals surface area contributed by atoms with Crippen molar-refractivity contribution in [2.45, 2.75) is 41.0 Å². The van der Waals surface area contributed by atoms with Crippen LogP contribution in [0.25, 0.3) is 0 Å². The van der Waals surface area contributed by atoms with Gasteiger partial charge in [0.15, 0.2) is 0 Å². The predicted octanol–water partition coefficient (Wildman–Crippen LogP) is 2.90. The van der Waals surface area contributed by atoms with E-state index in [9.17, 15) is 9.59 Å². The summed E-state index contributed by atoms with van der Waals surface area (Å²) in [5.74, 6) is -0.0800. The molecule has 0 fully saturated rings. The summed E-state index contributed by atoms with van der Waals surface area (Å²) in [6, 6.07) is 0. The molecule has 0 aromatic rings. The van der Waals surface area contributed by atoms with Crippen LogP contribution in [0.1, 0.15) is 41.0 Å². The van der Waals surface area contributed by atoms with Gasteiger partial charge in [0.2, 0.25) is 0 Å². The van der Waals surface area contributed by atoms with E-state index in [4.69, 9.17) is 0 Å². The number of ether oxygens (including phenoxy) is 1. The number of carbonyl (C=O) groups is 2. The van der Waals surface area contributed by atoms with Gasteiger partial charge in [-0.15, -0.1) is 5.73 Å². The Morgan fingerprint density at radius 2 is 1.53 bits per heavy atom. The van der Waals surface area contributed by atoms with Gasteiger partial charge in [-0.05, 0) is 19.4 Å². The lowest BCUT2D eigenvalue weighted by Gasteiger charge is -1.87. The number of carbonyl (C=O) groups excluding carboxylic acids is 2. The maximum Gasteiger partial charge on any atom is 0.302 e. The molecule has 0 aromatic heterocycles. The van der Waals surface area contributed by atoms with E-state index in [0.29, 0.717) is 6.42 Å². The molecule has 0 amide bonds. The van der Waals surface area contributed by atoms with Crippen molar-refractivity contribution in [1.82, 2.24) is 0 Å². The lowest BCUT2D eigenvalue weighted by atomic mass is 10.2. The number of allylic oxidation sites excluding steroid dienone is 1. The Kier molecular flexibility index (Phi) is 19.5. The number of hydrogen-bond acceptors (Lipinski definition) is 3. The van der Waals surface area contributed by atoms with Crippen molar-refractivity contribution in [1.29, 1.82) is 0 Å². The minimum absolute atomic E-state index is 0.165. The molecule has 0 saturated heterocycles. The van der Waals surface area contributed by atoms with E-state index in [1.165, 1.54) is 14.0 Å². The number of esters is 1. The maximum atomic E-state index is 10.3. The smallest absolute Gasteiger partial charge is 0.302 e. The van der Waals surface area contributed by atoms with E-state index in [0.717, 1.165) is 5.57 Å². The van der Waals surface area contributed by atoms with Gasteiger partial charge in [0.25, 0.3) is 0 Å². The van der Waals surface area contributed by atoms with Crippen LogP contribution in [0.5, 0.6) is 0 Å². The molecule has 0 aromatic carbocycles. The normalized spacial score (nSPS) is 6.80. The number of ketones is 1. The quantitative estimate of drug-likeness (QED) is 0.524. The van der Waals surface area contributed by atoms with Gasteiger partial charge in [0.05, 0.1) is 7.11 Å². The Morgan fingerprint density at radius 1 is 1.20 bits per heavy atom. The van der Waals surface area contributed by atoms with Crippen molar-refractivity contribution >= 4 is 11.8 Å². The SMILES string of the molecule is C=C=C(C)CC(C)=O.CC.COC(C)=O. The summed E-state index contributed by atoms with van der Waals surface area (Å²) in [5, 5.41) is 0. The average Bonchev–Trinajstić information content (AvgIpc) is 2.20. The van der Waals surface area contributed by atoms with Gasteiger partial charge in [-0.3, -0.25) is 9.59 Å². The number of hydrogen-bond donors (Lipinski definition) is 0. The molecule has 15 heavy (non-hydrogen) atoms. The molecule has 0 N–H and O–H groups in total. The highest BCUT2D eigenvalue weighted by Gasteiger charge is 1.91. The van der Waals surface area contributed by atoms with Crippen molar-refractivity contribution in [3.8, 4) is 0 Å². The van der Waals surface area contributed by atoms with Crippen LogP contribution in [-0.4, -0.2) is 18.9 Å². The first-order chi connectivity index (χ1) is 6.93. The molecule has 0 unspecified atom stereocenters. The maximum absolute atomic E-state index is 10.3. The van der Waals surface area contributed by atoms with Crippen molar-refractivity contribution in [2.24, 2.45) is 0 Å². The van der Waals surface area contributed by atoms with Gasteiger partial charge in [-0.2, -0.15) is 0 Å². The molecule has 3 heteroatoms. The Hall–Kier alpha value is -1.34. The second-order valence-corrected chi connectivity index (χ2v) is 2.53. The summed E-state index contributed by atoms with van der Waals surface area (Å²) in [5.41, 5.74) is 3.56. The van der Waals surface area contributed by atoms with E-state index < -0.39 is 0 Å². The first-order valence-corrected chi connectivity index (χ1v) is 4.83. The zero-order valence-corrected chi connectivity index (χ0v) is 10.6. The van der Waals surface area contributed by atoms with Crippen molar-refractivity contribution in [3.05, 3.63) is 17.9 Å². The fraction of sp³-hybridized carbons (Fsp3) is 0.583. The van der Waals surface area contributed by atoms with E-state index >= 15 is 0 Å². The van der Waals surface area contributed by atoms with Gasteiger partial charge < -0.3 is 4.74 Å². The lowest BCUT2D eigenvalue weighted by Crippen LogP contribution is -1.88. The minimum atomic E-state index is -0.245. The van der Waals surface area contributed by atoms with Gasteiger partial charge in [-0.25, -0.2) is 0 Å². The Morgan fingerprint density at radius 3 is 1.60 bits per heavy atom. The molecule has 0 atom stereocenters. The first kappa shape index (κ1) is 19.3. The highest BCUT2D eigenvalue weighted by molar-refractivity contribution is 5.77. The van der Waals surface area contributed by atoms with Crippen LogP contribution in [0, 0.1) is 0 Å². The largest absolute Gasteiger partial charge is 0.469 e. The summed E-state index contributed by atoms with van der Waals surface area (Å²) >= 11 is 0. The molecule has 0 radical (unpaired) electrons. The fourth-order valence-corrected chi connectivity index (χ4v) is 0.436. The molecule has 0 aliphatic heterocycles. The third kappa shape index (κ3) is 32.4. The number of Topliss-reactive ketones (excluding diaryl/α,β-unsaturated/α-hetero) is 1. The molecule has 0 saturated carbocycles. The predicted molar refractivity (Wildman–Crippen MR) is 62.7 cm³/mol. The lowest BCUT2D eigenvalue weighted by molar-refractivity contribution is -0.137. The summed E-state index contributed by atoms with van der Waals surface area (Å²) in [7, 11) is 1.35. The second-order valence-electron chi connectivity index (χ2n) is 2.53. The van der Waals surface area contributed by atoms with E-state index in [2.05, 4.69) is 17.0 Å². The molecular weight excluding hydrogens is 192 g/mol. The van der Waals surface area contributed by atoms with Crippen molar-refractivity contribution < 1.29 is 14.3 Å². The monoisotopic (exact) mass is 214 g/mol. The van der Waals surface area contributed by atoms with Crippen LogP contribution in [0.4, 0.5) is 0 Å². The molecule has 0 bridgehead atoms. The highest BCUT2D eigenvalue weighted by Crippen LogP contribution is 1.95. The van der Waals surface area contributed by atoms with Crippen LogP contribution < -0.4 is 0 Å². The summed E-state index contributed by atoms with van der Waals surface area (Å²) in [4.78, 5) is 19.9. The van der Waals surface area contributed by atoms with Crippen LogP contribution in [-0.2, 0) is 14.3 Å². The van der Waals surface area contributed by atoms with E-state index in [1.807, 2.05) is 20.8 Å². The van der Waals surface area contributed by atoms with Crippen LogP contribution in [0.2, 0.25) is 0 Å². The summed E-state index contributed by atoms with van der Waals surface area (Å²) in [6.07, 6.45) is 0.490. The highest BCUT2D eigenvalue weighted by atomic mass is 16.5. The minimum Gasteiger partial charge on any atom is -0.469 e. The number of methoxy groups -OCH3 is 1. The Bertz CT molecular complexity index is 223. The van der Waals surface area contributed by atoms with Gasteiger partial charge in [-0.1, -0.05) is 20.4 Å². The molecule has 3 nitrogen and oxygen atoms in total.